The minimum Gasteiger partial charge on any atom is -0.462 e. The Kier molecular flexibility index (Phi) is 6.39. The van der Waals surface area contributed by atoms with Crippen LogP contribution < -0.4 is 5.32 Å². The molecule has 1 atom stereocenters. The van der Waals surface area contributed by atoms with Gasteiger partial charge in [0, 0.05) is 12.2 Å². The van der Waals surface area contributed by atoms with Crippen LogP contribution in [0.4, 0.5) is 5.69 Å². The summed E-state index contributed by atoms with van der Waals surface area (Å²) in [6, 6.07) is 8.43. The van der Waals surface area contributed by atoms with E-state index in [0.29, 0.717) is 28.4 Å². The Balaban J connectivity index is 1.72. The van der Waals surface area contributed by atoms with Crippen molar-refractivity contribution in [3.05, 3.63) is 46.3 Å². The summed E-state index contributed by atoms with van der Waals surface area (Å²) in [4.78, 5) is 24.4. The molecule has 1 aromatic heterocycles. The number of benzene rings is 1. The van der Waals surface area contributed by atoms with Gasteiger partial charge < -0.3 is 10.1 Å². The average molecular weight is 443 g/mol. The van der Waals surface area contributed by atoms with Crippen molar-refractivity contribution in [1.29, 1.82) is 0 Å². The zero-order valence-corrected chi connectivity index (χ0v) is 17.4. The van der Waals surface area contributed by atoms with E-state index >= 15 is 0 Å². The van der Waals surface area contributed by atoms with Crippen LogP contribution in [0.15, 0.2) is 40.6 Å². The molecule has 1 fully saturated rings. The summed E-state index contributed by atoms with van der Waals surface area (Å²) in [5, 5.41) is 2.72. The SMILES string of the molecule is CCOC(=O)c1ccc(NC(=O)C2CCCN2S(=O)(=O)c2ccc(Cl)s2)cc1. The largest absolute Gasteiger partial charge is 0.462 e. The molecule has 1 unspecified atom stereocenters. The van der Waals surface area contributed by atoms with E-state index in [0.717, 1.165) is 11.3 Å². The van der Waals surface area contributed by atoms with Gasteiger partial charge in [-0.05, 0) is 56.2 Å². The second-order valence-corrected chi connectivity index (χ2v) is 9.95. The summed E-state index contributed by atoms with van der Waals surface area (Å²) >= 11 is 6.83. The molecule has 2 heterocycles. The summed E-state index contributed by atoms with van der Waals surface area (Å²) in [6.07, 6.45) is 1.03. The van der Waals surface area contributed by atoms with Crippen LogP contribution >= 0.6 is 22.9 Å². The number of sulfonamides is 1. The van der Waals surface area contributed by atoms with Crippen LogP contribution in [0.3, 0.4) is 0 Å². The first-order valence-corrected chi connectivity index (χ1v) is 11.3. The molecule has 1 aromatic carbocycles. The van der Waals surface area contributed by atoms with E-state index in [2.05, 4.69) is 5.32 Å². The van der Waals surface area contributed by atoms with E-state index in [1.807, 2.05) is 0 Å². The van der Waals surface area contributed by atoms with E-state index in [9.17, 15) is 18.0 Å². The maximum Gasteiger partial charge on any atom is 0.338 e. The average Bonchev–Trinajstić information content (AvgIpc) is 3.32. The summed E-state index contributed by atoms with van der Waals surface area (Å²) in [5.41, 5.74) is 0.848. The lowest BCUT2D eigenvalue weighted by atomic mass is 10.2. The van der Waals surface area contributed by atoms with Gasteiger partial charge in [0.2, 0.25) is 5.91 Å². The second kappa shape index (κ2) is 8.60. The molecule has 150 valence electrons. The van der Waals surface area contributed by atoms with Gasteiger partial charge in [-0.1, -0.05) is 11.6 Å². The quantitative estimate of drug-likeness (QED) is 0.692. The predicted molar refractivity (Wildman–Crippen MR) is 107 cm³/mol. The number of ether oxygens (including phenoxy) is 1. The molecule has 1 N–H and O–H groups in total. The summed E-state index contributed by atoms with van der Waals surface area (Å²) in [5.74, 6) is -0.851. The van der Waals surface area contributed by atoms with Gasteiger partial charge in [0.1, 0.15) is 10.3 Å². The van der Waals surface area contributed by atoms with Crippen molar-refractivity contribution < 1.29 is 22.7 Å². The van der Waals surface area contributed by atoms with Crippen LogP contribution in [-0.2, 0) is 19.6 Å². The minimum atomic E-state index is -3.78. The molecular weight excluding hydrogens is 424 g/mol. The lowest BCUT2D eigenvalue weighted by Crippen LogP contribution is -2.42. The minimum absolute atomic E-state index is 0.121. The first kappa shape index (κ1) is 20.8. The van der Waals surface area contributed by atoms with Gasteiger partial charge in [0.05, 0.1) is 16.5 Å². The van der Waals surface area contributed by atoms with Crippen molar-refractivity contribution in [2.45, 2.75) is 30.0 Å². The Bertz CT molecular complexity index is 972. The third-order valence-electron chi connectivity index (χ3n) is 4.28. The van der Waals surface area contributed by atoms with Gasteiger partial charge in [-0.3, -0.25) is 4.79 Å². The normalized spacial score (nSPS) is 17.4. The Hall–Kier alpha value is -1.94. The Morgan fingerprint density at radius 2 is 1.96 bits per heavy atom. The zero-order chi connectivity index (χ0) is 20.3. The highest BCUT2D eigenvalue weighted by atomic mass is 35.5. The van der Waals surface area contributed by atoms with Crippen molar-refractivity contribution in [2.75, 3.05) is 18.5 Å². The Morgan fingerprint density at radius 1 is 1.25 bits per heavy atom. The summed E-state index contributed by atoms with van der Waals surface area (Å²) in [7, 11) is -3.78. The lowest BCUT2D eigenvalue weighted by Gasteiger charge is -2.22. The number of nitrogens with zero attached hydrogens (tertiary/aromatic N) is 1. The maximum atomic E-state index is 12.8. The van der Waals surface area contributed by atoms with E-state index in [1.165, 1.54) is 16.4 Å². The molecule has 3 rings (SSSR count). The molecule has 28 heavy (non-hydrogen) atoms. The number of thiophene rings is 1. The number of rotatable bonds is 6. The van der Waals surface area contributed by atoms with Gasteiger partial charge in [0.25, 0.3) is 10.0 Å². The molecule has 1 aliphatic heterocycles. The first-order chi connectivity index (χ1) is 13.3. The first-order valence-electron chi connectivity index (χ1n) is 8.68. The van der Waals surface area contributed by atoms with Crippen LogP contribution in [0.5, 0.6) is 0 Å². The molecule has 0 spiro atoms. The standard InChI is InChI=1S/C18H19ClN2O5S2/c1-2-26-18(23)12-5-7-13(8-6-12)20-17(22)14-4-3-11-21(14)28(24,25)16-10-9-15(19)27-16/h5-10,14H,2-4,11H2,1H3,(H,20,22). The van der Waals surface area contributed by atoms with Gasteiger partial charge in [-0.25, -0.2) is 13.2 Å². The molecule has 0 saturated carbocycles. The van der Waals surface area contributed by atoms with E-state index < -0.39 is 27.9 Å². The predicted octanol–water partition coefficient (Wildman–Crippen LogP) is 3.37. The van der Waals surface area contributed by atoms with Gasteiger partial charge in [0.15, 0.2) is 0 Å². The molecule has 0 aliphatic carbocycles. The number of halogens is 1. The fraction of sp³-hybridized carbons (Fsp3) is 0.333. The van der Waals surface area contributed by atoms with E-state index in [4.69, 9.17) is 16.3 Å². The number of amides is 1. The molecule has 1 amide bonds. The molecule has 2 aromatic rings. The highest BCUT2D eigenvalue weighted by molar-refractivity contribution is 7.91. The van der Waals surface area contributed by atoms with E-state index in [1.54, 1.807) is 31.2 Å². The fourth-order valence-corrected chi connectivity index (χ4v) is 6.24. The van der Waals surface area contributed by atoms with Crippen LogP contribution in [0, 0.1) is 0 Å². The van der Waals surface area contributed by atoms with Crippen LogP contribution in [0.1, 0.15) is 30.1 Å². The molecule has 10 heteroatoms. The number of esters is 1. The number of hydrogen-bond donors (Lipinski definition) is 1. The van der Waals surface area contributed by atoms with Crippen LogP contribution in [-0.4, -0.2) is 43.8 Å². The topological polar surface area (TPSA) is 92.8 Å². The highest BCUT2D eigenvalue weighted by Gasteiger charge is 2.40. The smallest absolute Gasteiger partial charge is 0.338 e. The van der Waals surface area contributed by atoms with Crippen molar-refractivity contribution in [2.24, 2.45) is 0 Å². The van der Waals surface area contributed by atoms with Gasteiger partial charge in [-0.15, -0.1) is 11.3 Å². The third-order valence-corrected chi connectivity index (χ3v) is 7.89. The third kappa shape index (κ3) is 4.38. The zero-order valence-electron chi connectivity index (χ0n) is 15.1. The molecule has 0 radical (unpaired) electrons. The molecule has 1 aliphatic rings. The van der Waals surface area contributed by atoms with Crippen molar-refractivity contribution in [1.82, 2.24) is 4.31 Å². The molecular formula is C18H19ClN2O5S2. The van der Waals surface area contributed by atoms with Crippen LogP contribution in [0.25, 0.3) is 0 Å². The van der Waals surface area contributed by atoms with Gasteiger partial charge >= 0.3 is 5.97 Å². The maximum absolute atomic E-state index is 12.8. The Morgan fingerprint density at radius 3 is 2.57 bits per heavy atom. The summed E-state index contributed by atoms with van der Waals surface area (Å²) < 4.78 is 32.3. The molecule has 7 nitrogen and oxygen atoms in total. The second-order valence-electron chi connectivity index (χ2n) is 6.12. The van der Waals surface area contributed by atoms with Crippen molar-refractivity contribution >= 4 is 50.5 Å². The van der Waals surface area contributed by atoms with Gasteiger partial charge in [-0.2, -0.15) is 4.31 Å². The Labute approximate surface area is 172 Å². The number of anilines is 1. The van der Waals surface area contributed by atoms with Crippen molar-refractivity contribution in [3.63, 3.8) is 0 Å². The molecule has 0 bridgehead atoms. The highest BCUT2D eigenvalue weighted by Crippen LogP contribution is 2.32. The monoisotopic (exact) mass is 442 g/mol. The number of nitrogens with one attached hydrogen (secondary N) is 1. The molecule has 1 saturated heterocycles. The number of carbonyl (C=O) groups excluding carboxylic acids is 2. The fourth-order valence-electron chi connectivity index (χ4n) is 2.97. The van der Waals surface area contributed by atoms with Crippen molar-refractivity contribution in [3.8, 4) is 0 Å². The summed E-state index contributed by atoms with van der Waals surface area (Å²) in [6.45, 7) is 2.27. The van der Waals surface area contributed by atoms with E-state index in [-0.39, 0.29) is 17.4 Å². The van der Waals surface area contributed by atoms with Crippen LogP contribution in [0.2, 0.25) is 4.34 Å². The lowest BCUT2D eigenvalue weighted by molar-refractivity contribution is -0.119. The number of carbonyl (C=O) groups is 2. The number of hydrogen-bond acceptors (Lipinski definition) is 6.